The first-order valence-corrected chi connectivity index (χ1v) is 9.35. The minimum Gasteiger partial charge on any atom is -0.507 e. The van der Waals surface area contributed by atoms with Crippen LogP contribution >= 0.6 is 0 Å². The van der Waals surface area contributed by atoms with E-state index in [1.807, 2.05) is 30.3 Å². The Kier molecular flexibility index (Phi) is 5.17. The molecular formula is C23H19N3O4. The number of aromatic nitrogens is 2. The largest absolute Gasteiger partial charge is 0.507 e. The zero-order valence-electron chi connectivity index (χ0n) is 15.9. The number of carbonyl (C=O) groups is 2. The van der Waals surface area contributed by atoms with Crippen LogP contribution in [0.2, 0.25) is 0 Å². The maximum absolute atomic E-state index is 12.5. The topological polar surface area (TPSA) is 104 Å². The van der Waals surface area contributed by atoms with E-state index in [9.17, 15) is 19.8 Å². The summed E-state index contributed by atoms with van der Waals surface area (Å²) in [7, 11) is 0. The van der Waals surface area contributed by atoms with E-state index < -0.39 is 17.9 Å². The number of para-hydroxylation sites is 1. The van der Waals surface area contributed by atoms with Gasteiger partial charge in [-0.3, -0.25) is 9.59 Å². The number of carboxylic acids is 1. The van der Waals surface area contributed by atoms with E-state index in [1.54, 1.807) is 41.2 Å². The van der Waals surface area contributed by atoms with Crippen molar-refractivity contribution in [3.05, 3.63) is 90.3 Å². The summed E-state index contributed by atoms with van der Waals surface area (Å²) in [6.07, 6.45) is 1.50. The molecule has 4 aromatic rings. The normalized spacial score (nSPS) is 11.9. The van der Waals surface area contributed by atoms with Gasteiger partial charge >= 0.3 is 5.97 Å². The average molecular weight is 401 g/mol. The molecule has 0 aliphatic carbocycles. The third-order valence-electron chi connectivity index (χ3n) is 4.87. The summed E-state index contributed by atoms with van der Waals surface area (Å²) in [5.74, 6) is -1.47. The minimum atomic E-state index is -0.922. The first-order valence-electron chi connectivity index (χ1n) is 9.35. The first-order chi connectivity index (χ1) is 14.5. The predicted octanol–water partition coefficient (Wildman–Crippen LogP) is 4.06. The van der Waals surface area contributed by atoms with Crippen molar-refractivity contribution in [3.8, 4) is 5.75 Å². The van der Waals surface area contributed by atoms with Gasteiger partial charge in [-0.25, -0.2) is 4.98 Å². The number of rotatable bonds is 6. The van der Waals surface area contributed by atoms with Crippen LogP contribution in [0.15, 0.2) is 79.1 Å². The average Bonchev–Trinajstić information content (AvgIpc) is 3.16. The van der Waals surface area contributed by atoms with Crippen molar-refractivity contribution in [2.75, 3.05) is 5.32 Å². The lowest BCUT2D eigenvalue weighted by Crippen LogP contribution is -2.15. The number of nitrogens with zero attached hydrogens (tertiary/aromatic N) is 2. The smallest absolute Gasteiger partial charge is 0.305 e. The number of anilines is 1. The molecule has 1 atom stereocenters. The number of amides is 1. The molecule has 0 saturated heterocycles. The molecule has 150 valence electrons. The van der Waals surface area contributed by atoms with E-state index in [1.165, 1.54) is 12.1 Å². The molecule has 0 bridgehead atoms. The lowest BCUT2D eigenvalue weighted by molar-refractivity contribution is -0.137. The number of benzene rings is 3. The summed E-state index contributed by atoms with van der Waals surface area (Å²) in [5, 5.41) is 22.1. The number of nitrogens with one attached hydrogen (secondary N) is 1. The van der Waals surface area contributed by atoms with Crippen molar-refractivity contribution in [2.45, 2.75) is 12.5 Å². The number of hydrogen-bond donors (Lipinski definition) is 3. The van der Waals surface area contributed by atoms with E-state index in [0.717, 1.165) is 5.56 Å². The molecule has 1 aromatic heterocycles. The van der Waals surface area contributed by atoms with Crippen molar-refractivity contribution in [2.24, 2.45) is 0 Å². The minimum absolute atomic E-state index is 0.105. The number of fused-ring (bicyclic) bond motifs is 1. The molecule has 4 rings (SSSR count). The maximum atomic E-state index is 12.5. The maximum Gasteiger partial charge on any atom is 0.305 e. The molecule has 1 heterocycles. The van der Waals surface area contributed by atoms with Crippen LogP contribution in [0.5, 0.6) is 5.75 Å². The molecule has 0 aliphatic heterocycles. The molecule has 0 spiro atoms. The van der Waals surface area contributed by atoms with Crippen molar-refractivity contribution in [1.29, 1.82) is 0 Å². The van der Waals surface area contributed by atoms with Gasteiger partial charge < -0.3 is 20.1 Å². The fraction of sp³-hybridized carbons (Fsp3) is 0.0870. The van der Waals surface area contributed by atoms with E-state index >= 15 is 0 Å². The molecule has 1 amide bonds. The van der Waals surface area contributed by atoms with Crippen LogP contribution in [0.1, 0.15) is 28.4 Å². The monoisotopic (exact) mass is 401 g/mol. The van der Waals surface area contributed by atoms with Crippen LogP contribution in [0.25, 0.3) is 11.0 Å². The van der Waals surface area contributed by atoms with Gasteiger partial charge in [0.1, 0.15) is 5.75 Å². The Morgan fingerprint density at radius 2 is 1.73 bits per heavy atom. The standard InChI is InChI=1S/C23H19N3O4/c27-21-9-5-4-8-17(21)23(30)25-16-10-11-18-20(12-16)26(14-24-18)19(13-22(28)29)15-6-2-1-3-7-15/h1-12,14,19,27H,13H2,(H,25,30)(H,28,29). The van der Waals surface area contributed by atoms with E-state index in [-0.39, 0.29) is 17.7 Å². The molecule has 7 heteroatoms. The number of imidazole rings is 1. The number of phenols is 1. The van der Waals surface area contributed by atoms with Gasteiger partial charge in [0, 0.05) is 5.69 Å². The van der Waals surface area contributed by atoms with Gasteiger partial charge in [-0.2, -0.15) is 0 Å². The van der Waals surface area contributed by atoms with Crippen LogP contribution in [-0.4, -0.2) is 31.6 Å². The molecule has 0 radical (unpaired) electrons. The predicted molar refractivity (Wildman–Crippen MR) is 113 cm³/mol. The van der Waals surface area contributed by atoms with Crippen molar-refractivity contribution < 1.29 is 19.8 Å². The summed E-state index contributed by atoms with van der Waals surface area (Å²) < 4.78 is 1.80. The van der Waals surface area contributed by atoms with Gasteiger partial charge in [-0.15, -0.1) is 0 Å². The number of carboxylic acid groups (broad SMARTS) is 1. The fourth-order valence-corrected chi connectivity index (χ4v) is 3.43. The molecule has 0 fully saturated rings. The number of phenolic OH excluding ortho intramolecular Hbond substituents is 1. The molecule has 0 aliphatic rings. The third-order valence-corrected chi connectivity index (χ3v) is 4.87. The second-order valence-corrected chi connectivity index (χ2v) is 6.85. The Morgan fingerprint density at radius 1 is 1.00 bits per heavy atom. The highest BCUT2D eigenvalue weighted by molar-refractivity contribution is 6.06. The zero-order valence-corrected chi connectivity index (χ0v) is 15.9. The van der Waals surface area contributed by atoms with E-state index in [0.29, 0.717) is 16.7 Å². The Morgan fingerprint density at radius 3 is 2.47 bits per heavy atom. The summed E-state index contributed by atoms with van der Waals surface area (Å²) >= 11 is 0. The number of aliphatic carboxylic acids is 1. The van der Waals surface area contributed by atoms with Gasteiger partial charge in [0.25, 0.3) is 5.91 Å². The molecule has 7 nitrogen and oxygen atoms in total. The molecule has 3 N–H and O–H groups in total. The van der Waals surface area contributed by atoms with Crippen LogP contribution in [-0.2, 0) is 4.79 Å². The molecular weight excluding hydrogens is 382 g/mol. The quantitative estimate of drug-likeness (QED) is 0.452. The van der Waals surface area contributed by atoms with E-state index in [4.69, 9.17) is 0 Å². The van der Waals surface area contributed by atoms with Gasteiger partial charge in [0.05, 0.1) is 35.4 Å². The third kappa shape index (κ3) is 3.86. The lowest BCUT2D eigenvalue weighted by atomic mass is 10.0. The Balaban J connectivity index is 1.71. The highest BCUT2D eigenvalue weighted by atomic mass is 16.4. The van der Waals surface area contributed by atoms with E-state index in [2.05, 4.69) is 10.3 Å². The van der Waals surface area contributed by atoms with Gasteiger partial charge in [-0.1, -0.05) is 42.5 Å². The lowest BCUT2D eigenvalue weighted by Gasteiger charge is -2.18. The van der Waals surface area contributed by atoms with Crippen LogP contribution in [0.4, 0.5) is 5.69 Å². The molecule has 0 saturated carbocycles. The Labute approximate surface area is 172 Å². The fourth-order valence-electron chi connectivity index (χ4n) is 3.43. The number of carbonyl (C=O) groups excluding carboxylic acids is 1. The number of aromatic hydroxyl groups is 1. The van der Waals surface area contributed by atoms with Crippen LogP contribution in [0, 0.1) is 0 Å². The first kappa shape index (κ1) is 19.2. The highest BCUT2D eigenvalue weighted by Gasteiger charge is 2.20. The van der Waals surface area contributed by atoms with Gasteiger partial charge in [0.15, 0.2) is 0 Å². The summed E-state index contributed by atoms with van der Waals surface area (Å²) in [5.41, 5.74) is 2.91. The zero-order chi connectivity index (χ0) is 21.1. The Hall–Kier alpha value is -4.13. The highest BCUT2D eigenvalue weighted by Crippen LogP contribution is 2.28. The number of hydrogen-bond acceptors (Lipinski definition) is 4. The van der Waals surface area contributed by atoms with Crippen molar-refractivity contribution in [3.63, 3.8) is 0 Å². The molecule has 30 heavy (non-hydrogen) atoms. The van der Waals surface area contributed by atoms with Crippen molar-refractivity contribution in [1.82, 2.24) is 9.55 Å². The SMILES string of the molecule is O=C(O)CC(c1ccccc1)n1cnc2ccc(NC(=O)c3ccccc3O)cc21. The van der Waals surface area contributed by atoms with Gasteiger partial charge in [-0.05, 0) is 35.9 Å². The van der Waals surface area contributed by atoms with Crippen LogP contribution in [0.3, 0.4) is 0 Å². The second kappa shape index (κ2) is 8.08. The Bertz CT molecular complexity index is 1220. The summed E-state index contributed by atoms with van der Waals surface area (Å²) in [6.45, 7) is 0. The summed E-state index contributed by atoms with van der Waals surface area (Å²) in [4.78, 5) is 28.4. The molecule has 1 unspecified atom stereocenters. The van der Waals surface area contributed by atoms with Crippen molar-refractivity contribution >= 4 is 28.6 Å². The second-order valence-electron chi connectivity index (χ2n) is 6.85. The molecule has 3 aromatic carbocycles. The summed E-state index contributed by atoms with van der Waals surface area (Å²) in [6, 6.07) is 20.4. The van der Waals surface area contributed by atoms with Crippen LogP contribution < -0.4 is 5.32 Å². The van der Waals surface area contributed by atoms with Gasteiger partial charge in [0.2, 0.25) is 0 Å².